The average Bonchev–Trinajstić information content (AvgIpc) is 3.13. The lowest BCUT2D eigenvalue weighted by Gasteiger charge is -2.17. The molecule has 27 heavy (non-hydrogen) atoms. The highest BCUT2D eigenvalue weighted by molar-refractivity contribution is 6.14. The topological polar surface area (TPSA) is 74.2 Å². The van der Waals surface area contributed by atoms with E-state index in [9.17, 15) is 9.90 Å². The van der Waals surface area contributed by atoms with Gasteiger partial charge >= 0.3 is 0 Å². The number of hydrogen-bond donors (Lipinski definition) is 1. The van der Waals surface area contributed by atoms with Crippen LogP contribution in [0.15, 0.2) is 47.5 Å². The minimum absolute atomic E-state index is 0.0205. The highest BCUT2D eigenvalue weighted by Crippen LogP contribution is 2.33. The van der Waals surface area contributed by atoms with Crippen molar-refractivity contribution < 1.29 is 28.8 Å². The van der Waals surface area contributed by atoms with E-state index in [4.69, 9.17) is 18.9 Å². The molecule has 0 saturated carbocycles. The molecule has 138 valence electrons. The Bertz CT molecular complexity index is 957. The van der Waals surface area contributed by atoms with E-state index < -0.39 is 0 Å². The minimum atomic E-state index is -0.0748. The number of phenolic OH excluding ortho intramolecular Hbond substituents is 1. The summed E-state index contributed by atoms with van der Waals surface area (Å²) in [5.41, 5.74) is 2.63. The molecular formula is C21H18O6. The number of carbonyl (C=O) groups is 1. The first-order valence-electron chi connectivity index (χ1n) is 8.44. The Hall–Kier alpha value is -3.25. The lowest BCUT2D eigenvalue weighted by atomic mass is 9.97. The number of ether oxygens (including phenoxy) is 4. The summed E-state index contributed by atoms with van der Waals surface area (Å²) in [6, 6.07) is 10.5. The van der Waals surface area contributed by atoms with Gasteiger partial charge in [-0.25, -0.2) is 0 Å². The zero-order valence-electron chi connectivity index (χ0n) is 14.7. The first-order chi connectivity index (χ1) is 13.1. The van der Waals surface area contributed by atoms with Gasteiger partial charge in [0.25, 0.3) is 0 Å². The summed E-state index contributed by atoms with van der Waals surface area (Å²) in [7, 11) is 1.49. The summed E-state index contributed by atoms with van der Waals surface area (Å²) in [5, 5.41) is 9.91. The van der Waals surface area contributed by atoms with Crippen LogP contribution >= 0.6 is 0 Å². The number of carbonyl (C=O) groups excluding carboxylic acids is 1. The van der Waals surface area contributed by atoms with Crippen molar-refractivity contribution in [2.24, 2.45) is 0 Å². The minimum Gasteiger partial charge on any atom is -0.504 e. The molecule has 0 bridgehead atoms. The fraction of sp³-hybridized carbons (Fsp3) is 0.190. The van der Waals surface area contributed by atoms with E-state index in [1.807, 2.05) is 18.2 Å². The molecule has 2 heterocycles. The van der Waals surface area contributed by atoms with E-state index in [0.717, 1.165) is 5.56 Å². The third kappa shape index (κ3) is 3.52. The Balaban J connectivity index is 1.60. The van der Waals surface area contributed by atoms with Gasteiger partial charge in [0, 0.05) is 11.1 Å². The molecule has 6 nitrogen and oxygen atoms in total. The number of hydrogen-bond acceptors (Lipinski definition) is 6. The Labute approximate surface area is 156 Å². The van der Waals surface area contributed by atoms with Gasteiger partial charge in [-0.15, -0.1) is 0 Å². The van der Waals surface area contributed by atoms with Crippen molar-refractivity contribution in [3.63, 3.8) is 0 Å². The molecule has 1 fully saturated rings. The third-order valence-electron chi connectivity index (χ3n) is 4.38. The van der Waals surface area contributed by atoms with Crippen LogP contribution in [0.25, 0.3) is 12.2 Å². The number of rotatable bonds is 3. The standard InChI is InChI=1S/C21H18O6/c1-24-18-4-2-13(8-17(18)22)6-15-10-25-11-16(21(15)23)7-14-3-5-19-20(9-14)27-12-26-19/h2-9,22H,10-12H2,1H3/b15-6+,16-7+. The normalized spacial score (nSPS) is 18.9. The molecule has 2 aromatic carbocycles. The molecule has 6 heteroatoms. The molecule has 0 aliphatic carbocycles. The number of ketones is 1. The van der Waals surface area contributed by atoms with Crippen LogP contribution in [-0.2, 0) is 9.53 Å². The van der Waals surface area contributed by atoms with Crippen LogP contribution in [0.1, 0.15) is 11.1 Å². The van der Waals surface area contributed by atoms with Crippen LogP contribution in [0.5, 0.6) is 23.0 Å². The second kappa shape index (κ2) is 7.17. The first-order valence-corrected chi connectivity index (χ1v) is 8.44. The Kier molecular flexibility index (Phi) is 4.56. The van der Waals surface area contributed by atoms with Crippen molar-refractivity contribution in [3.8, 4) is 23.0 Å². The van der Waals surface area contributed by atoms with Crippen LogP contribution in [0.2, 0.25) is 0 Å². The molecule has 2 aliphatic heterocycles. The number of benzene rings is 2. The van der Waals surface area contributed by atoms with E-state index in [2.05, 4.69) is 0 Å². The largest absolute Gasteiger partial charge is 0.504 e. The van der Waals surface area contributed by atoms with Crippen molar-refractivity contribution >= 4 is 17.9 Å². The summed E-state index contributed by atoms with van der Waals surface area (Å²) in [4.78, 5) is 12.8. The lowest BCUT2D eigenvalue weighted by Crippen LogP contribution is -2.21. The molecule has 4 rings (SSSR count). The molecule has 2 aliphatic rings. The highest BCUT2D eigenvalue weighted by atomic mass is 16.7. The molecular weight excluding hydrogens is 348 g/mol. The van der Waals surface area contributed by atoms with E-state index in [1.54, 1.807) is 30.4 Å². The second-order valence-corrected chi connectivity index (χ2v) is 6.21. The van der Waals surface area contributed by atoms with Gasteiger partial charge in [0.15, 0.2) is 28.8 Å². The van der Waals surface area contributed by atoms with Gasteiger partial charge in [0.05, 0.1) is 20.3 Å². The van der Waals surface area contributed by atoms with Crippen LogP contribution in [0.3, 0.4) is 0 Å². The van der Waals surface area contributed by atoms with Crippen molar-refractivity contribution in [3.05, 3.63) is 58.7 Å². The van der Waals surface area contributed by atoms with Gasteiger partial charge in [0.1, 0.15) is 0 Å². The van der Waals surface area contributed by atoms with Gasteiger partial charge < -0.3 is 24.1 Å². The Morgan fingerprint density at radius 3 is 2.33 bits per heavy atom. The van der Waals surface area contributed by atoms with Crippen LogP contribution in [-0.4, -0.2) is 38.0 Å². The maximum absolute atomic E-state index is 12.8. The van der Waals surface area contributed by atoms with Gasteiger partial charge in [-0.1, -0.05) is 12.1 Å². The summed E-state index contributed by atoms with van der Waals surface area (Å²) in [6.45, 7) is 0.682. The molecule has 0 atom stereocenters. The Morgan fingerprint density at radius 1 is 0.963 bits per heavy atom. The number of aromatic hydroxyl groups is 1. The summed E-state index contributed by atoms with van der Waals surface area (Å²) < 4.78 is 21.3. The Morgan fingerprint density at radius 2 is 1.63 bits per heavy atom. The predicted molar refractivity (Wildman–Crippen MR) is 99.0 cm³/mol. The van der Waals surface area contributed by atoms with E-state index in [-0.39, 0.29) is 31.5 Å². The summed E-state index contributed by atoms with van der Waals surface area (Å²) in [6.07, 6.45) is 3.51. The van der Waals surface area contributed by atoms with Crippen molar-refractivity contribution in [2.75, 3.05) is 27.1 Å². The van der Waals surface area contributed by atoms with E-state index in [0.29, 0.717) is 34.0 Å². The van der Waals surface area contributed by atoms with Crippen LogP contribution in [0.4, 0.5) is 0 Å². The van der Waals surface area contributed by atoms with Gasteiger partial charge in [-0.3, -0.25) is 4.79 Å². The third-order valence-corrected chi connectivity index (χ3v) is 4.38. The monoisotopic (exact) mass is 366 g/mol. The number of Topliss-reactive ketones (excluding diaryl/α,β-unsaturated/α-hetero) is 1. The maximum atomic E-state index is 12.8. The quantitative estimate of drug-likeness (QED) is 0.841. The molecule has 0 spiro atoms. The molecule has 0 unspecified atom stereocenters. The molecule has 0 aromatic heterocycles. The highest BCUT2D eigenvalue weighted by Gasteiger charge is 2.22. The van der Waals surface area contributed by atoms with Gasteiger partial charge in [-0.05, 0) is 47.5 Å². The smallest absolute Gasteiger partial charge is 0.231 e. The lowest BCUT2D eigenvalue weighted by molar-refractivity contribution is -0.114. The average molecular weight is 366 g/mol. The first kappa shape index (κ1) is 17.2. The van der Waals surface area contributed by atoms with Crippen molar-refractivity contribution in [2.45, 2.75) is 0 Å². The number of methoxy groups -OCH3 is 1. The molecule has 2 aromatic rings. The van der Waals surface area contributed by atoms with Crippen LogP contribution < -0.4 is 14.2 Å². The van der Waals surface area contributed by atoms with Gasteiger partial charge in [-0.2, -0.15) is 0 Å². The maximum Gasteiger partial charge on any atom is 0.231 e. The van der Waals surface area contributed by atoms with Gasteiger partial charge in [0.2, 0.25) is 6.79 Å². The predicted octanol–water partition coefficient (Wildman–Crippen LogP) is 3.20. The number of fused-ring (bicyclic) bond motifs is 1. The van der Waals surface area contributed by atoms with Crippen molar-refractivity contribution in [1.29, 1.82) is 0 Å². The fourth-order valence-electron chi connectivity index (χ4n) is 3.02. The summed E-state index contributed by atoms with van der Waals surface area (Å²) in [5.74, 6) is 1.69. The van der Waals surface area contributed by atoms with E-state index in [1.165, 1.54) is 7.11 Å². The van der Waals surface area contributed by atoms with Crippen LogP contribution in [0, 0.1) is 0 Å². The zero-order chi connectivity index (χ0) is 18.8. The second-order valence-electron chi connectivity index (χ2n) is 6.21. The van der Waals surface area contributed by atoms with E-state index >= 15 is 0 Å². The zero-order valence-corrected chi connectivity index (χ0v) is 14.7. The van der Waals surface area contributed by atoms with Crippen molar-refractivity contribution in [1.82, 2.24) is 0 Å². The fourth-order valence-corrected chi connectivity index (χ4v) is 3.02. The summed E-state index contributed by atoms with van der Waals surface area (Å²) >= 11 is 0. The molecule has 1 N–H and O–H groups in total. The molecule has 0 amide bonds. The number of phenols is 1. The molecule has 1 saturated heterocycles. The molecule has 0 radical (unpaired) electrons. The SMILES string of the molecule is COc1ccc(/C=C2\COC/C(=C\c3ccc4c(c3)OCO4)C2=O)cc1O.